The number of carbonyl (C=O) groups is 3. The number of amides is 2. The zero-order chi connectivity index (χ0) is 18.0. The normalized spacial score (nSPS) is 19.5. The zero-order valence-corrected chi connectivity index (χ0v) is 14.5. The minimum atomic E-state index is -0.868. The number of carbonyl (C=O) groups excluding carboxylic acids is 3. The molecule has 0 radical (unpaired) electrons. The summed E-state index contributed by atoms with van der Waals surface area (Å²) < 4.78 is 5.22. The van der Waals surface area contributed by atoms with Crippen molar-refractivity contribution in [1.29, 1.82) is 0 Å². The standard InChI is InChI=1S/C18H23N3O4/c1-3-8-19-16(22)11(2)25-18(24)12-6-7-14-13(10-12)20-17(23)15-5-4-9-21(14)15/h6-7,10-11,15H,3-5,8-9H2,1-2H3,(H,19,22)(H,20,23)/t11-,15-/m1/s1. The van der Waals surface area contributed by atoms with E-state index in [9.17, 15) is 14.4 Å². The highest BCUT2D eigenvalue weighted by atomic mass is 16.5. The fourth-order valence-corrected chi connectivity index (χ4v) is 3.23. The minimum absolute atomic E-state index is 0.0390. The van der Waals surface area contributed by atoms with Gasteiger partial charge in [0.05, 0.1) is 16.9 Å². The van der Waals surface area contributed by atoms with Crippen molar-refractivity contribution < 1.29 is 19.1 Å². The van der Waals surface area contributed by atoms with Crippen molar-refractivity contribution >= 4 is 29.2 Å². The number of benzene rings is 1. The Kier molecular flexibility index (Phi) is 4.92. The van der Waals surface area contributed by atoms with Gasteiger partial charge in [0.2, 0.25) is 5.91 Å². The van der Waals surface area contributed by atoms with Crippen LogP contribution in [0.4, 0.5) is 11.4 Å². The van der Waals surface area contributed by atoms with Gasteiger partial charge in [-0.05, 0) is 44.4 Å². The Hall–Kier alpha value is -2.57. The van der Waals surface area contributed by atoms with Crippen molar-refractivity contribution in [3.8, 4) is 0 Å². The molecule has 3 rings (SSSR count). The number of hydrogen-bond donors (Lipinski definition) is 2. The van der Waals surface area contributed by atoms with Crippen LogP contribution in [0.1, 0.15) is 43.5 Å². The summed E-state index contributed by atoms with van der Waals surface area (Å²) in [6.07, 6.45) is 1.77. The Morgan fingerprint density at radius 1 is 1.44 bits per heavy atom. The fraction of sp³-hybridized carbons (Fsp3) is 0.500. The lowest BCUT2D eigenvalue weighted by Gasteiger charge is -2.33. The van der Waals surface area contributed by atoms with Gasteiger partial charge in [-0.3, -0.25) is 9.59 Å². The molecule has 2 amide bonds. The number of ether oxygens (including phenoxy) is 1. The molecule has 1 aromatic carbocycles. The van der Waals surface area contributed by atoms with Crippen molar-refractivity contribution in [1.82, 2.24) is 5.32 Å². The highest BCUT2D eigenvalue weighted by Gasteiger charge is 2.36. The van der Waals surface area contributed by atoms with Crippen LogP contribution in [-0.2, 0) is 14.3 Å². The third-order valence-electron chi connectivity index (χ3n) is 4.56. The van der Waals surface area contributed by atoms with Gasteiger partial charge in [0, 0.05) is 13.1 Å². The Bertz CT molecular complexity index is 704. The molecule has 7 heteroatoms. The zero-order valence-electron chi connectivity index (χ0n) is 14.5. The van der Waals surface area contributed by atoms with Gasteiger partial charge in [-0.15, -0.1) is 0 Å². The largest absolute Gasteiger partial charge is 0.449 e. The third kappa shape index (κ3) is 3.45. The molecule has 2 heterocycles. The van der Waals surface area contributed by atoms with Crippen molar-refractivity contribution in [2.45, 2.75) is 45.3 Å². The summed E-state index contributed by atoms with van der Waals surface area (Å²) in [5.74, 6) is -0.941. The van der Waals surface area contributed by atoms with Crippen LogP contribution < -0.4 is 15.5 Å². The average Bonchev–Trinajstić information content (AvgIpc) is 3.09. The van der Waals surface area contributed by atoms with E-state index in [2.05, 4.69) is 15.5 Å². The molecule has 2 N–H and O–H groups in total. The molecule has 2 aliphatic heterocycles. The summed E-state index contributed by atoms with van der Waals surface area (Å²) in [6.45, 7) is 4.87. The van der Waals surface area contributed by atoms with Crippen molar-refractivity contribution in [3.05, 3.63) is 23.8 Å². The van der Waals surface area contributed by atoms with Gasteiger partial charge < -0.3 is 20.3 Å². The maximum atomic E-state index is 12.3. The van der Waals surface area contributed by atoms with Crippen LogP contribution in [0.15, 0.2) is 18.2 Å². The summed E-state index contributed by atoms with van der Waals surface area (Å²) in [5.41, 5.74) is 1.85. The second kappa shape index (κ2) is 7.13. The molecule has 0 unspecified atom stereocenters. The predicted molar refractivity (Wildman–Crippen MR) is 93.6 cm³/mol. The van der Waals surface area contributed by atoms with Crippen LogP contribution in [0.25, 0.3) is 0 Å². The first-order valence-corrected chi connectivity index (χ1v) is 8.71. The number of hydrogen-bond acceptors (Lipinski definition) is 5. The topological polar surface area (TPSA) is 87.7 Å². The number of esters is 1. The molecule has 0 spiro atoms. The molecular weight excluding hydrogens is 322 g/mol. The summed E-state index contributed by atoms with van der Waals surface area (Å²) in [4.78, 5) is 38.4. The monoisotopic (exact) mass is 345 g/mol. The Morgan fingerprint density at radius 2 is 2.24 bits per heavy atom. The molecule has 1 aromatic rings. The first-order valence-electron chi connectivity index (χ1n) is 8.71. The van der Waals surface area contributed by atoms with E-state index >= 15 is 0 Å². The summed E-state index contributed by atoms with van der Waals surface area (Å²) in [7, 11) is 0. The molecule has 1 fully saturated rings. The highest BCUT2D eigenvalue weighted by molar-refractivity contribution is 6.05. The Labute approximate surface area is 146 Å². The number of nitrogens with one attached hydrogen (secondary N) is 2. The average molecular weight is 345 g/mol. The first-order chi connectivity index (χ1) is 12.0. The smallest absolute Gasteiger partial charge is 0.338 e. The number of rotatable bonds is 5. The molecular formula is C18H23N3O4. The van der Waals surface area contributed by atoms with E-state index in [1.807, 2.05) is 13.0 Å². The number of fused-ring (bicyclic) bond motifs is 3. The van der Waals surface area contributed by atoms with E-state index in [0.29, 0.717) is 17.8 Å². The lowest BCUT2D eigenvalue weighted by Crippen LogP contribution is -2.44. The number of anilines is 2. The van der Waals surface area contributed by atoms with Crippen LogP contribution >= 0.6 is 0 Å². The SMILES string of the molecule is CCCNC(=O)[C@@H](C)OC(=O)c1ccc2c(c1)NC(=O)[C@H]1CCCN21. The van der Waals surface area contributed by atoms with Gasteiger partial charge in [0.15, 0.2) is 6.10 Å². The van der Waals surface area contributed by atoms with Crippen LogP contribution in [0.3, 0.4) is 0 Å². The van der Waals surface area contributed by atoms with Crippen molar-refractivity contribution in [3.63, 3.8) is 0 Å². The molecule has 0 bridgehead atoms. The fourth-order valence-electron chi connectivity index (χ4n) is 3.23. The second-order valence-corrected chi connectivity index (χ2v) is 6.41. The Balaban J connectivity index is 1.72. The van der Waals surface area contributed by atoms with E-state index in [0.717, 1.165) is 31.5 Å². The van der Waals surface area contributed by atoms with Gasteiger partial charge in [-0.2, -0.15) is 0 Å². The molecule has 25 heavy (non-hydrogen) atoms. The van der Waals surface area contributed by atoms with Crippen molar-refractivity contribution in [2.75, 3.05) is 23.3 Å². The van der Waals surface area contributed by atoms with Gasteiger partial charge in [0.25, 0.3) is 5.91 Å². The summed E-state index contributed by atoms with van der Waals surface area (Å²) in [5, 5.41) is 5.55. The third-order valence-corrected chi connectivity index (χ3v) is 4.56. The van der Waals surface area contributed by atoms with Crippen LogP contribution in [0, 0.1) is 0 Å². The van der Waals surface area contributed by atoms with E-state index in [-0.39, 0.29) is 17.9 Å². The van der Waals surface area contributed by atoms with Crippen molar-refractivity contribution in [2.24, 2.45) is 0 Å². The van der Waals surface area contributed by atoms with Crippen LogP contribution in [0.5, 0.6) is 0 Å². The van der Waals surface area contributed by atoms with Gasteiger partial charge >= 0.3 is 5.97 Å². The maximum Gasteiger partial charge on any atom is 0.338 e. The molecule has 0 saturated carbocycles. The highest BCUT2D eigenvalue weighted by Crippen LogP contribution is 2.37. The van der Waals surface area contributed by atoms with Gasteiger partial charge in [-0.25, -0.2) is 4.79 Å². The lowest BCUT2D eigenvalue weighted by molar-refractivity contribution is -0.129. The molecule has 0 aromatic heterocycles. The predicted octanol–water partition coefficient (Wildman–Crippen LogP) is 1.68. The van der Waals surface area contributed by atoms with E-state index in [1.54, 1.807) is 12.1 Å². The van der Waals surface area contributed by atoms with Gasteiger partial charge in [-0.1, -0.05) is 6.92 Å². The minimum Gasteiger partial charge on any atom is -0.449 e. The molecule has 134 valence electrons. The molecule has 2 aliphatic rings. The molecule has 7 nitrogen and oxygen atoms in total. The first kappa shape index (κ1) is 17.3. The maximum absolute atomic E-state index is 12.3. The number of nitrogens with zero attached hydrogens (tertiary/aromatic N) is 1. The second-order valence-electron chi connectivity index (χ2n) is 6.41. The summed E-state index contributed by atoms with van der Waals surface area (Å²) in [6, 6.07) is 4.99. The quantitative estimate of drug-likeness (QED) is 0.793. The Morgan fingerprint density at radius 3 is 3.00 bits per heavy atom. The van der Waals surface area contributed by atoms with Gasteiger partial charge in [0.1, 0.15) is 6.04 Å². The molecule has 1 saturated heterocycles. The van der Waals surface area contributed by atoms with E-state index in [1.165, 1.54) is 6.92 Å². The van der Waals surface area contributed by atoms with E-state index in [4.69, 9.17) is 4.74 Å². The van der Waals surface area contributed by atoms with E-state index < -0.39 is 12.1 Å². The van der Waals surface area contributed by atoms with Crippen LogP contribution in [-0.4, -0.2) is 43.0 Å². The summed E-state index contributed by atoms with van der Waals surface area (Å²) >= 11 is 0. The lowest BCUT2D eigenvalue weighted by atomic mass is 10.1. The van der Waals surface area contributed by atoms with Crippen LogP contribution in [0.2, 0.25) is 0 Å². The molecule has 2 atom stereocenters. The molecule has 0 aliphatic carbocycles.